The second-order valence-electron chi connectivity index (χ2n) is 1.61. The SMILES string of the molecule is O=C(O)Cn1nncc1Br. The molecular weight excluding hydrogens is 202 g/mol. The van der Waals surface area contributed by atoms with E-state index in [-0.39, 0.29) is 6.54 Å². The van der Waals surface area contributed by atoms with E-state index in [1.165, 1.54) is 10.9 Å². The third-order valence-electron chi connectivity index (χ3n) is 0.855. The first-order chi connectivity index (χ1) is 4.70. The normalized spacial score (nSPS) is 9.70. The van der Waals surface area contributed by atoms with Gasteiger partial charge < -0.3 is 5.11 Å². The van der Waals surface area contributed by atoms with Gasteiger partial charge in [0, 0.05) is 0 Å². The van der Waals surface area contributed by atoms with E-state index in [1.54, 1.807) is 0 Å². The van der Waals surface area contributed by atoms with Gasteiger partial charge in [-0.3, -0.25) is 4.79 Å². The van der Waals surface area contributed by atoms with Crippen molar-refractivity contribution in [3.63, 3.8) is 0 Å². The van der Waals surface area contributed by atoms with Gasteiger partial charge in [0.2, 0.25) is 0 Å². The minimum absolute atomic E-state index is 0.166. The Bertz CT molecular complexity index is 246. The summed E-state index contributed by atoms with van der Waals surface area (Å²) in [5, 5.41) is 15.3. The Balaban J connectivity index is 2.74. The topological polar surface area (TPSA) is 68.0 Å². The molecule has 6 heteroatoms. The lowest BCUT2D eigenvalue weighted by Crippen LogP contribution is -2.10. The first-order valence-corrected chi connectivity index (χ1v) is 3.25. The molecule has 10 heavy (non-hydrogen) atoms. The molecule has 1 heterocycles. The fraction of sp³-hybridized carbons (Fsp3) is 0.250. The monoisotopic (exact) mass is 205 g/mol. The smallest absolute Gasteiger partial charge is 0.325 e. The zero-order valence-corrected chi connectivity index (χ0v) is 6.45. The molecule has 0 amide bonds. The van der Waals surface area contributed by atoms with Crippen molar-refractivity contribution in [2.24, 2.45) is 0 Å². The van der Waals surface area contributed by atoms with Crippen molar-refractivity contribution in [2.45, 2.75) is 6.54 Å². The van der Waals surface area contributed by atoms with Crippen LogP contribution < -0.4 is 0 Å². The highest BCUT2D eigenvalue weighted by Crippen LogP contribution is 2.04. The van der Waals surface area contributed by atoms with E-state index in [4.69, 9.17) is 5.11 Å². The van der Waals surface area contributed by atoms with Crippen LogP contribution in [0.15, 0.2) is 10.8 Å². The Morgan fingerprint density at radius 1 is 1.90 bits per heavy atom. The fourth-order valence-electron chi connectivity index (χ4n) is 0.480. The number of nitrogens with zero attached hydrogens (tertiary/aromatic N) is 3. The van der Waals surface area contributed by atoms with E-state index in [2.05, 4.69) is 26.2 Å². The van der Waals surface area contributed by atoms with Crippen LogP contribution in [0.5, 0.6) is 0 Å². The number of hydrogen-bond acceptors (Lipinski definition) is 3. The standard InChI is InChI=1S/C4H4BrN3O2/c5-3-1-6-7-8(3)2-4(9)10/h1H,2H2,(H,9,10). The van der Waals surface area contributed by atoms with Crippen LogP contribution in [0.4, 0.5) is 0 Å². The van der Waals surface area contributed by atoms with E-state index in [1.807, 2.05) is 0 Å². The van der Waals surface area contributed by atoms with Crippen LogP contribution in [0.25, 0.3) is 0 Å². The Hall–Kier alpha value is -0.910. The second-order valence-corrected chi connectivity index (χ2v) is 2.42. The average Bonchev–Trinajstić information content (AvgIpc) is 2.15. The van der Waals surface area contributed by atoms with Crippen LogP contribution in [-0.2, 0) is 11.3 Å². The third-order valence-corrected chi connectivity index (χ3v) is 1.47. The number of halogens is 1. The van der Waals surface area contributed by atoms with Gasteiger partial charge in [-0.1, -0.05) is 5.21 Å². The molecule has 0 spiro atoms. The summed E-state index contributed by atoms with van der Waals surface area (Å²) in [5.41, 5.74) is 0. The molecule has 0 saturated heterocycles. The summed E-state index contributed by atoms with van der Waals surface area (Å²) < 4.78 is 1.80. The summed E-state index contributed by atoms with van der Waals surface area (Å²) in [7, 11) is 0. The molecule has 0 bridgehead atoms. The molecule has 5 nitrogen and oxygen atoms in total. The van der Waals surface area contributed by atoms with E-state index >= 15 is 0 Å². The molecule has 0 saturated carbocycles. The molecule has 0 atom stereocenters. The molecule has 0 aliphatic carbocycles. The zero-order chi connectivity index (χ0) is 7.56. The number of carboxylic acids is 1. The molecular formula is C4H4BrN3O2. The molecule has 1 aromatic heterocycles. The lowest BCUT2D eigenvalue weighted by Gasteiger charge is -1.93. The molecule has 0 aliphatic heterocycles. The summed E-state index contributed by atoms with van der Waals surface area (Å²) in [5.74, 6) is -0.939. The van der Waals surface area contributed by atoms with Crippen LogP contribution in [-0.4, -0.2) is 26.1 Å². The van der Waals surface area contributed by atoms with Crippen molar-refractivity contribution in [1.29, 1.82) is 0 Å². The molecule has 0 aromatic carbocycles. The Labute approximate surface area is 64.8 Å². The average molecular weight is 206 g/mol. The molecule has 54 valence electrons. The highest BCUT2D eigenvalue weighted by atomic mass is 79.9. The van der Waals surface area contributed by atoms with Crippen LogP contribution >= 0.6 is 15.9 Å². The van der Waals surface area contributed by atoms with Crippen molar-refractivity contribution >= 4 is 21.9 Å². The highest BCUT2D eigenvalue weighted by molar-refractivity contribution is 9.10. The lowest BCUT2D eigenvalue weighted by molar-refractivity contribution is -0.137. The molecule has 0 aliphatic rings. The summed E-state index contributed by atoms with van der Waals surface area (Å²) in [6, 6.07) is 0. The maximum Gasteiger partial charge on any atom is 0.325 e. The van der Waals surface area contributed by atoms with Crippen molar-refractivity contribution in [3.05, 3.63) is 10.8 Å². The number of hydrogen-bond donors (Lipinski definition) is 1. The van der Waals surface area contributed by atoms with Crippen molar-refractivity contribution in [1.82, 2.24) is 15.0 Å². The van der Waals surface area contributed by atoms with Gasteiger partial charge in [-0.15, -0.1) is 5.10 Å². The lowest BCUT2D eigenvalue weighted by atomic mass is 10.7. The second kappa shape index (κ2) is 2.78. The van der Waals surface area contributed by atoms with E-state index in [9.17, 15) is 4.79 Å². The zero-order valence-electron chi connectivity index (χ0n) is 4.86. The fourth-order valence-corrected chi connectivity index (χ4v) is 0.768. The third kappa shape index (κ3) is 1.53. The maximum absolute atomic E-state index is 10.1. The van der Waals surface area contributed by atoms with Crippen molar-refractivity contribution in [3.8, 4) is 0 Å². The minimum Gasteiger partial charge on any atom is -0.480 e. The Morgan fingerprint density at radius 2 is 2.60 bits per heavy atom. The van der Waals surface area contributed by atoms with E-state index < -0.39 is 5.97 Å². The minimum atomic E-state index is -0.939. The van der Waals surface area contributed by atoms with Gasteiger partial charge >= 0.3 is 5.97 Å². The number of aromatic nitrogens is 3. The number of aliphatic carboxylic acids is 1. The largest absolute Gasteiger partial charge is 0.480 e. The summed E-state index contributed by atoms with van der Waals surface area (Å²) in [6.45, 7) is -0.166. The van der Waals surface area contributed by atoms with Crippen molar-refractivity contribution in [2.75, 3.05) is 0 Å². The molecule has 0 unspecified atom stereocenters. The Kier molecular flexibility index (Phi) is 2.00. The molecule has 0 fully saturated rings. The summed E-state index contributed by atoms with van der Waals surface area (Å²) >= 11 is 3.07. The predicted molar refractivity (Wildman–Crippen MR) is 35.4 cm³/mol. The van der Waals surface area contributed by atoms with Gasteiger partial charge in [0.25, 0.3) is 0 Å². The van der Waals surface area contributed by atoms with Gasteiger partial charge in [0.05, 0.1) is 6.20 Å². The van der Waals surface area contributed by atoms with Gasteiger partial charge in [-0.25, -0.2) is 4.68 Å². The number of rotatable bonds is 2. The van der Waals surface area contributed by atoms with Crippen LogP contribution in [0.3, 0.4) is 0 Å². The highest BCUT2D eigenvalue weighted by Gasteiger charge is 2.03. The Morgan fingerprint density at radius 3 is 3.00 bits per heavy atom. The van der Waals surface area contributed by atoms with Crippen molar-refractivity contribution < 1.29 is 9.90 Å². The summed E-state index contributed by atoms with van der Waals surface area (Å²) in [6.07, 6.45) is 1.43. The quantitative estimate of drug-likeness (QED) is 0.746. The van der Waals surface area contributed by atoms with E-state index in [0.29, 0.717) is 4.60 Å². The van der Waals surface area contributed by atoms with Gasteiger partial charge in [0.15, 0.2) is 0 Å². The van der Waals surface area contributed by atoms with Crippen LogP contribution in [0, 0.1) is 0 Å². The molecule has 1 N–H and O–H groups in total. The number of carbonyl (C=O) groups is 1. The van der Waals surface area contributed by atoms with Gasteiger partial charge in [-0.05, 0) is 15.9 Å². The van der Waals surface area contributed by atoms with E-state index in [0.717, 1.165) is 0 Å². The van der Waals surface area contributed by atoms with Crippen LogP contribution in [0.1, 0.15) is 0 Å². The molecule has 0 radical (unpaired) electrons. The maximum atomic E-state index is 10.1. The molecule has 1 aromatic rings. The predicted octanol–water partition coefficient (Wildman–Crippen LogP) is 0.125. The summed E-state index contributed by atoms with van der Waals surface area (Å²) in [4.78, 5) is 10.1. The first kappa shape index (κ1) is 7.20. The first-order valence-electron chi connectivity index (χ1n) is 2.46. The van der Waals surface area contributed by atoms with Gasteiger partial charge in [0.1, 0.15) is 11.1 Å². The van der Waals surface area contributed by atoms with Crippen LogP contribution in [0.2, 0.25) is 0 Å². The molecule has 1 rings (SSSR count). The number of carboxylic acid groups (broad SMARTS) is 1. The van der Waals surface area contributed by atoms with Gasteiger partial charge in [-0.2, -0.15) is 0 Å².